The molecule has 1 aliphatic heterocycles. The van der Waals surface area contributed by atoms with Crippen LogP contribution in [0.5, 0.6) is 23.0 Å². The van der Waals surface area contributed by atoms with Crippen LogP contribution < -0.4 is 19.1 Å². The molecule has 0 spiro atoms. The van der Waals surface area contributed by atoms with Gasteiger partial charge in [-0.3, -0.25) is 0 Å². The van der Waals surface area contributed by atoms with Crippen LogP contribution in [0.15, 0.2) is 36.5 Å². The second-order valence-corrected chi connectivity index (χ2v) is 6.43. The molecular weight excluding hydrogens is 378 g/mol. The van der Waals surface area contributed by atoms with Crippen LogP contribution in [0.4, 0.5) is 0 Å². The number of aliphatic hydroxyl groups excluding tert-OH is 1. The van der Waals surface area contributed by atoms with E-state index in [2.05, 4.69) is 16.8 Å². The first-order chi connectivity index (χ1) is 13.9. The van der Waals surface area contributed by atoms with E-state index in [4.69, 9.17) is 24.5 Å². The molecule has 4 rings (SSSR count). The minimum absolute atomic E-state index is 0.0746. The molecule has 2 heterocycles. The summed E-state index contributed by atoms with van der Waals surface area (Å²) in [6.45, 7) is -0.0944. The molecule has 29 heavy (non-hydrogen) atoms. The van der Waals surface area contributed by atoms with Crippen molar-refractivity contribution in [2.45, 2.75) is 13.0 Å². The topological polar surface area (TPSA) is 123 Å². The number of carbonyl (C=O) groups is 1. The molecule has 0 unspecified atom stereocenters. The molecule has 3 aromatic rings. The standard InChI is InChI=1S/C19H17NO4.C2H4O3/c1-23-18-4-3-11-7-15-13-9-17(22)16(21)8-12(13)5-6-20(15)10-14(11)19(18)24-2;3-1-2(4)5/h3-4,7-10,22H,5-6H2,1-2H3;3H,1H2,(H,4,5). The lowest BCUT2D eigenvalue weighted by atomic mass is 9.95. The fourth-order valence-electron chi connectivity index (χ4n) is 3.40. The van der Waals surface area contributed by atoms with Crippen molar-refractivity contribution in [1.82, 2.24) is 0 Å². The van der Waals surface area contributed by atoms with Gasteiger partial charge in [0.1, 0.15) is 0 Å². The predicted molar refractivity (Wildman–Crippen MR) is 102 cm³/mol. The van der Waals surface area contributed by atoms with Gasteiger partial charge in [0.2, 0.25) is 5.69 Å². The normalized spacial score (nSPS) is 11.7. The molecule has 0 fully saturated rings. The number of carbonyl (C=O) groups excluding carboxylic acids is 1. The maximum atomic E-state index is 9.87. The molecule has 8 heteroatoms. The number of aromatic hydroxyl groups is 2. The van der Waals surface area contributed by atoms with E-state index in [1.54, 1.807) is 26.4 Å². The number of fused-ring (bicyclic) bond motifs is 4. The highest BCUT2D eigenvalue weighted by atomic mass is 16.5. The Hall–Kier alpha value is -3.52. The number of carboxylic acids is 1. The van der Waals surface area contributed by atoms with Gasteiger partial charge in [-0.2, -0.15) is 4.57 Å². The summed E-state index contributed by atoms with van der Waals surface area (Å²) >= 11 is 0. The van der Waals surface area contributed by atoms with Gasteiger partial charge >= 0.3 is 0 Å². The van der Waals surface area contributed by atoms with Gasteiger partial charge in [-0.1, -0.05) is 0 Å². The van der Waals surface area contributed by atoms with Gasteiger partial charge in [0.05, 0.1) is 37.7 Å². The van der Waals surface area contributed by atoms with Crippen molar-refractivity contribution in [1.29, 1.82) is 0 Å². The number of phenols is 2. The summed E-state index contributed by atoms with van der Waals surface area (Å²) in [6, 6.07) is 9.23. The lowest BCUT2D eigenvalue weighted by Crippen LogP contribution is -2.40. The molecule has 0 radical (unpaired) electrons. The minimum atomic E-state index is -1.44. The second-order valence-electron chi connectivity index (χ2n) is 6.43. The number of carboxylic acid groups (broad SMARTS) is 1. The molecule has 0 amide bonds. The predicted octanol–water partition coefficient (Wildman–Crippen LogP) is 0.507. The lowest BCUT2D eigenvalue weighted by Gasteiger charge is -2.17. The van der Waals surface area contributed by atoms with Gasteiger partial charge in [0, 0.05) is 12.5 Å². The SMILES string of the molecule is COc1ccc2cc3[n+](cc2c1OC)CCc1cc(O)c(O)cc1-3.O=C([O-])CO. The average molecular weight is 399 g/mol. The number of ether oxygens (including phenoxy) is 2. The summed E-state index contributed by atoms with van der Waals surface area (Å²) < 4.78 is 13.1. The van der Waals surface area contributed by atoms with Crippen LogP contribution >= 0.6 is 0 Å². The number of aromatic nitrogens is 1. The number of aliphatic carboxylic acids is 1. The average Bonchev–Trinajstić information content (AvgIpc) is 2.72. The van der Waals surface area contributed by atoms with Crippen LogP contribution in [-0.4, -0.2) is 42.1 Å². The fourth-order valence-corrected chi connectivity index (χ4v) is 3.40. The number of nitrogens with zero attached hydrogens (tertiary/aromatic N) is 1. The van der Waals surface area contributed by atoms with Crippen LogP contribution in [0.2, 0.25) is 0 Å². The van der Waals surface area contributed by atoms with E-state index < -0.39 is 12.6 Å². The number of rotatable bonds is 3. The minimum Gasteiger partial charge on any atom is -0.548 e. The maximum Gasteiger partial charge on any atom is 0.213 e. The van der Waals surface area contributed by atoms with E-state index in [1.165, 1.54) is 0 Å². The number of aryl methyl sites for hydroxylation is 2. The van der Waals surface area contributed by atoms with E-state index in [0.29, 0.717) is 11.5 Å². The monoisotopic (exact) mass is 399 g/mol. The van der Waals surface area contributed by atoms with Gasteiger partial charge in [0.25, 0.3) is 0 Å². The molecule has 152 valence electrons. The van der Waals surface area contributed by atoms with Crippen molar-refractivity contribution < 1.29 is 39.3 Å². The van der Waals surface area contributed by atoms with Crippen molar-refractivity contribution in [3.63, 3.8) is 0 Å². The molecule has 0 atom stereocenters. The third-order valence-corrected chi connectivity index (χ3v) is 4.73. The highest BCUT2D eigenvalue weighted by molar-refractivity contribution is 5.91. The summed E-state index contributed by atoms with van der Waals surface area (Å²) in [5, 5.41) is 38.1. The Bertz CT molecular complexity index is 1080. The van der Waals surface area contributed by atoms with E-state index in [-0.39, 0.29) is 11.5 Å². The molecule has 1 aliphatic rings. The van der Waals surface area contributed by atoms with Crippen LogP contribution in [0.3, 0.4) is 0 Å². The Labute approximate surface area is 166 Å². The third kappa shape index (κ3) is 3.88. The quantitative estimate of drug-likeness (QED) is 0.433. The first kappa shape index (κ1) is 20.2. The van der Waals surface area contributed by atoms with E-state index in [0.717, 1.165) is 40.6 Å². The Kier molecular flexibility index (Phi) is 5.74. The number of phenolic OH excluding ortho intramolecular Hbond substituents is 2. The van der Waals surface area contributed by atoms with E-state index in [9.17, 15) is 10.2 Å². The summed E-state index contributed by atoms with van der Waals surface area (Å²) in [6.07, 6.45) is 2.84. The Balaban J connectivity index is 0.000000431. The Morgan fingerprint density at radius 1 is 1.14 bits per heavy atom. The molecule has 3 N–H and O–H groups in total. The summed E-state index contributed by atoms with van der Waals surface area (Å²) in [5.74, 6) is -0.206. The second kappa shape index (κ2) is 8.24. The van der Waals surface area contributed by atoms with Crippen molar-refractivity contribution in [2.75, 3.05) is 20.8 Å². The zero-order valence-electron chi connectivity index (χ0n) is 16.0. The highest BCUT2D eigenvalue weighted by Crippen LogP contribution is 2.39. The van der Waals surface area contributed by atoms with Crippen molar-refractivity contribution in [3.8, 4) is 34.3 Å². The summed E-state index contributed by atoms with van der Waals surface area (Å²) in [5.41, 5.74) is 2.98. The summed E-state index contributed by atoms with van der Waals surface area (Å²) in [4.78, 5) is 9.01. The van der Waals surface area contributed by atoms with Gasteiger partial charge in [-0.05, 0) is 35.2 Å². The molecule has 0 saturated carbocycles. The molecule has 8 nitrogen and oxygen atoms in total. The van der Waals surface area contributed by atoms with E-state index >= 15 is 0 Å². The van der Waals surface area contributed by atoms with Crippen LogP contribution in [0.25, 0.3) is 22.0 Å². The number of hydrogen-bond acceptors (Lipinski definition) is 7. The zero-order chi connectivity index (χ0) is 21.1. The van der Waals surface area contributed by atoms with Gasteiger partial charge in [0.15, 0.2) is 35.7 Å². The number of benzene rings is 2. The van der Waals surface area contributed by atoms with Gasteiger partial charge in [-0.15, -0.1) is 0 Å². The lowest BCUT2D eigenvalue weighted by molar-refractivity contribution is -0.686. The summed E-state index contributed by atoms with van der Waals surface area (Å²) in [7, 11) is 3.26. The third-order valence-electron chi connectivity index (χ3n) is 4.73. The first-order valence-electron chi connectivity index (χ1n) is 8.83. The fraction of sp³-hybridized carbons (Fsp3) is 0.238. The number of aliphatic hydroxyl groups is 1. The molecule has 2 aromatic carbocycles. The largest absolute Gasteiger partial charge is 0.548 e. The maximum absolute atomic E-state index is 9.87. The van der Waals surface area contributed by atoms with Crippen molar-refractivity contribution in [3.05, 3.63) is 42.1 Å². The molecule has 0 bridgehead atoms. The molecule has 0 aliphatic carbocycles. The van der Waals surface area contributed by atoms with Gasteiger partial charge in [-0.25, -0.2) is 0 Å². The zero-order valence-corrected chi connectivity index (χ0v) is 16.0. The van der Waals surface area contributed by atoms with Crippen LogP contribution in [0.1, 0.15) is 5.56 Å². The highest BCUT2D eigenvalue weighted by Gasteiger charge is 2.26. The molecule has 0 saturated heterocycles. The smallest absolute Gasteiger partial charge is 0.213 e. The Morgan fingerprint density at radius 2 is 1.83 bits per heavy atom. The van der Waals surface area contributed by atoms with E-state index in [1.807, 2.05) is 12.1 Å². The molecular formula is C21H21NO7. The van der Waals surface area contributed by atoms with Crippen molar-refractivity contribution >= 4 is 16.7 Å². The van der Waals surface area contributed by atoms with Gasteiger partial charge < -0.3 is 34.7 Å². The number of pyridine rings is 1. The Morgan fingerprint density at radius 3 is 2.45 bits per heavy atom. The number of hydrogen-bond donors (Lipinski definition) is 3. The molecule has 1 aromatic heterocycles. The van der Waals surface area contributed by atoms with Crippen molar-refractivity contribution in [2.24, 2.45) is 0 Å². The first-order valence-corrected chi connectivity index (χ1v) is 8.83. The number of methoxy groups -OCH3 is 2. The van der Waals surface area contributed by atoms with Crippen LogP contribution in [-0.2, 0) is 17.8 Å². The van der Waals surface area contributed by atoms with Crippen LogP contribution in [0, 0.1) is 0 Å².